The summed E-state index contributed by atoms with van der Waals surface area (Å²) >= 11 is 0. The minimum absolute atomic E-state index is 0.106. The van der Waals surface area contributed by atoms with E-state index in [4.69, 9.17) is 10.5 Å². The molecule has 2 heterocycles. The lowest BCUT2D eigenvalue weighted by Crippen LogP contribution is -2.49. The van der Waals surface area contributed by atoms with Gasteiger partial charge in [-0.3, -0.25) is 4.79 Å². The smallest absolute Gasteiger partial charge is 0.407 e. The Hall–Kier alpha value is -3.04. The SMILES string of the molecule is CC(C(N)=O)(c1ccc(-n2cnnn2)c(F)c1)C1CNC(=O)O1. The number of rotatable bonds is 4. The summed E-state index contributed by atoms with van der Waals surface area (Å²) in [7, 11) is 0. The Bertz CT molecular complexity index is 765. The lowest BCUT2D eigenvalue weighted by molar-refractivity contribution is -0.126. The Morgan fingerprint density at radius 3 is 2.87 bits per heavy atom. The van der Waals surface area contributed by atoms with Crippen LogP contribution in [0, 0.1) is 5.82 Å². The standard InChI is InChI=1S/C13H13FN6O3/c1-13(11(15)21,10-5-16-12(22)23-10)7-2-3-9(8(14)4-7)20-6-17-18-19-20/h2-4,6,10H,5H2,1H3,(H2,15,21)(H,16,22). The molecule has 0 bridgehead atoms. The number of nitrogens with zero attached hydrogens (tertiary/aromatic N) is 4. The van der Waals surface area contributed by atoms with Gasteiger partial charge in [-0.2, -0.15) is 4.68 Å². The van der Waals surface area contributed by atoms with Crippen LogP contribution in [0.1, 0.15) is 12.5 Å². The van der Waals surface area contributed by atoms with Gasteiger partial charge in [-0.15, -0.1) is 5.10 Å². The monoisotopic (exact) mass is 320 g/mol. The van der Waals surface area contributed by atoms with Crippen molar-refractivity contribution in [3.05, 3.63) is 35.9 Å². The molecule has 9 nitrogen and oxygen atoms in total. The van der Waals surface area contributed by atoms with Crippen LogP contribution in [0.5, 0.6) is 0 Å². The first-order valence-corrected chi connectivity index (χ1v) is 6.70. The van der Waals surface area contributed by atoms with E-state index < -0.39 is 29.3 Å². The molecule has 2 atom stereocenters. The van der Waals surface area contributed by atoms with Gasteiger partial charge in [0.25, 0.3) is 0 Å². The Morgan fingerprint density at radius 1 is 1.57 bits per heavy atom. The van der Waals surface area contributed by atoms with Crippen molar-refractivity contribution < 1.29 is 18.7 Å². The molecule has 1 aliphatic heterocycles. The first-order valence-electron chi connectivity index (χ1n) is 6.70. The van der Waals surface area contributed by atoms with Crippen molar-refractivity contribution in [2.45, 2.75) is 18.4 Å². The van der Waals surface area contributed by atoms with Crippen LogP contribution in [-0.2, 0) is 14.9 Å². The number of cyclic esters (lactones) is 1. The molecule has 120 valence electrons. The quantitative estimate of drug-likeness (QED) is 0.793. The average molecular weight is 320 g/mol. The van der Waals surface area contributed by atoms with Crippen LogP contribution in [0.15, 0.2) is 24.5 Å². The highest BCUT2D eigenvalue weighted by molar-refractivity contribution is 5.88. The van der Waals surface area contributed by atoms with Crippen molar-refractivity contribution in [1.29, 1.82) is 0 Å². The molecular formula is C13H13FN6O3. The molecule has 1 fully saturated rings. The van der Waals surface area contributed by atoms with Crippen LogP contribution < -0.4 is 11.1 Å². The molecular weight excluding hydrogens is 307 g/mol. The van der Waals surface area contributed by atoms with Crippen molar-refractivity contribution >= 4 is 12.0 Å². The molecule has 1 aromatic heterocycles. The van der Waals surface area contributed by atoms with Crippen molar-refractivity contribution in [3.63, 3.8) is 0 Å². The third-order valence-electron chi connectivity index (χ3n) is 3.98. The first kappa shape index (κ1) is 14.9. The van der Waals surface area contributed by atoms with E-state index in [0.717, 1.165) is 10.7 Å². The Balaban J connectivity index is 2.02. The number of primary amides is 1. The number of aromatic nitrogens is 4. The molecule has 2 unspecified atom stereocenters. The molecule has 23 heavy (non-hydrogen) atoms. The van der Waals surface area contributed by atoms with Gasteiger partial charge in [0.15, 0.2) is 0 Å². The third-order valence-corrected chi connectivity index (χ3v) is 3.98. The molecule has 2 aromatic rings. The largest absolute Gasteiger partial charge is 0.443 e. The molecule has 1 aliphatic rings. The number of ether oxygens (including phenoxy) is 1. The molecule has 0 radical (unpaired) electrons. The molecule has 2 amide bonds. The number of carbonyl (C=O) groups excluding carboxylic acids is 2. The highest BCUT2D eigenvalue weighted by Crippen LogP contribution is 2.32. The van der Waals surface area contributed by atoms with Gasteiger partial charge in [0.1, 0.15) is 29.4 Å². The first-order chi connectivity index (χ1) is 10.9. The van der Waals surface area contributed by atoms with Gasteiger partial charge < -0.3 is 15.8 Å². The normalized spacial score (nSPS) is 19.7. The molecule has 0 spiro atoms. The predicted octanol–water partition coefficient (Wildman–Crippen LogP) is -0.347. The molecule has 10 heteroatoms. The number of hydrogen-bond donors (Lipinski definition) is 2. The number of nitrogens with one attached hydrogen (secondary N) is 1. The van der Waals surface area contributed by atoms with E-state index in [2.05, 4.69) is 20.8 Å². The van der Waals surface area contributed by atoms with Gasteiger partial charge in [-0.05, 0) is 35.0 Å². The van der Waals surface area contributed by atoms with Crippen molar-refractivity contribution in [2.24, 2.45) is 5.73 Å². The molecule has 3 N–H and O–H groups in total. The topological polar surface area (TPSA) is 125 Å². The van der Waals surface area contributed by atoms with Crippen molar-refractivity contribution in [2.75, 3.05) is 6.54 Å². The fraction of sp³-hybridized carbons (Fsp3) is 0.308. The van der Waals surface area contributed by atoms with E-state index >= 15 is 0 Å². The minimum atomic E-state index is -1.38. The molecule has 0 saturated carbocycles. The summed E-state index contributed by atoms with van der Waals surface area (Å²) in [6.45, 7) is 1.61. The minimum Gasteiger partial charge on any atom is -0.443 e. The van der Waals surface area contributed by atoms with Crippen LogP contribution in [-0.4, -0.2) is 44.9 Å². The van der Waals surface area contributed by atoms with Crippen molar-refractivity contribution in [1.82, 2.24) is 25.5 Å². The lowest BCUT2D eigenvalue weighted by Gasteiger charge is -2.31. The fourth-order valence-corrected chi connectivity index (χ4v) is 2.48. The molecule has 3 rings (SSSR count). The predicted molar refractivity (Wildman–Crippen MR) is 73.9 cm³/mol. The van der Waals surface area contributed by atoms with Gasteiger partial charge >= 0.3 is 6.09 Å². The summed E-state index contributed by atoms with van der Waals surface area (Å²) in [6.07, 6.45) is -0.229. The van der Waals surface area contributed by atoms with Crippen LogP contribution in [0.25, 0.3) is 5.69 Å². The zero-order chi connectivity index (χ0) is 16.6. The number of nitrogens with two attached hydrogens (primary N) is 1. The number of amides is 2. The zero-order valence-corrected chi connectivity index (χ0v) is 12.1. The summed E-state index contributed by atoms with van der Waals surface area (Å²) in [6, 6.07) is 4.11. The molecule has 1 saturated heterocycles. The second-order valence-electron chi connectivity index (χ2n) is 5.26. The number of tetrazole rings is 1. The Labute approximate surface area is 129 Å². The number of alkyl carbamates (subject to hydrolysis) is 1. The van der Waals surface area contributed by atoms with Crippen molar-refractivity contribution in [3.8, 4) is 5.69 Å². The van der Waals surface area contributed by atoms with Gasteiger partial charge in [0.2, 0.25) is 5.91 Å². The zero-order valence-electron chi connectivity index (χ0n) is 12.1. The highest BCUT2D eigenvalue weighted by Gasteiger charge is 2.47. The summed E-state index contributed by atoms with van der Waals surface area (Å²) < 4.78 is 20.6. The summed E-state index contributed by atoms with van der Waals surface area (Å²) in [5.41, 5.74) is 4.53. The third kappa shape index (κ3) is 2.37. The lowest BCUT2D eigenvalue weighted by atomic mass is 9.76. The maximum atomic E-state index is 14.4. The summed E-state index contributed by atoms with van der Waals surface area (Å²) in [4.78, 5) is 23.2. The Kier molecular flexibility index (Phi) is 3.43. The van der Waals surface area contributed by atoms with E-state index in [0.29, 0.717) is 5.56 Å². The van der Waals surface area contributed by atoms with E-state index in [1.54, 1.807) is 0 Å². The van der Waals surface area contributed by atoms with Crippen LogP contribution >= 0.6 is 0 Å². The van der Waals surface area contributed by atoms with Gasteiger partial charge in [-0.25, -0.2) is 9.18 Å². The van der Waals surface area contributed by atoms with E-state index in [1.807, 2.05) is 0 Å². The number of hydrogen-bond acceptors (Lipinski definition) is 6. The maximum Gasteiger partial charge on any atom is 0.407 e. The van der Waals surface area contributed by atoms with Gasteiger partial charge in [-0.1, -0.05) is 6.07 Å². The maximum absolute atomic E-state index is 14.4. The van der Waals surface area contributed by atoms with Crippen LogP contribution in [0.4, 0.5) is 9.18 Å². The number of benzene rings is 1. The Morgan fingerprint density at radius 2 is 2.35 bits per heavy atom. The van der Waals surface area contributed by atoms with Crippen LogP contribution in [0.3, 0.4) is 0 Å². The van der Waals surface area contributed by atoms with E-state index in [9.17, 15) is 14.0 Å². The summed E-state index contributed by atoms with van der Waals surface area (Å²) in [5.74, 6) is -1.37. The number of halogens is 1. The number of carbonyl (C=O) groups is 2. The highest BCUT2D eigenvalue weighted by atomic mass is 19.1. The van der Waals surface area contributed by atoms with Gasteiger partial charge in [0.05, 0.1) is 6.54 Å². The van der Waals surface area contributed by atoms with Crippen LogP contribution in [0.2, 0.25) is 0 Å². The second kappa shape index (κ2) is 5.30. The van der Waals surface area contributed by atoms with E-state index in [-0.39, 0.29) is 12.2 Å². The fourth-order valence-electron chi connectivity index (χ4n) is 2.48. The van der Waals surface area contributed by atoms with E-state index in [1.165, 1.54) is 25.4 Å². The second-order valence-corrected chi connectivity index (χ2v) is 5.26. The average Bonchev–Trinajstić information content (AvgIpc) is 3.17. The molecule has 1 aromatic carbocycles. The summed E-state index contributed by atoms with van der Waals surface area (Å²) in [5, 5.41) is 12.9. The molecule has 0 aliphatic carbocycles. The van der Waals surface area contributed by atoms with Gasteiger partial charge in [0, 0.05) is 0 Å².